The number of anilines is 1. The van der Waals surface area contributed by atoms with Crippen molar-refractivity contribution < 1.29 is 13.9 Å². The van der Waals surface area contributed by atoms with Crippen LogP contribution in [-0.2, 0) is 11.3 Å². The molecule has 1 heterocycles. The molecule has 27 heavy (non-hydrogen) atoms. The molecule has 4 rings (SSSR count). The number of rotatable bonds is 5. The minimum Gasteiger partial charge on any atom is -0.484 e. The van der Waals surface area contributed by atoms with E-state index in [2.05, 4.69) is 28.9 Å². The summed E-state index contributed by atoms with van der Waals surface area (Å²) >= 11 is 0. The zero-order valence-electron chi connectivity index (χ0n) is 14.9. The molecule has 0 radical (unpaired) electrons. The normalized spacial score (nSPS) is 11.0. The van der Waals surface area contributed by atoms with Crippen LogP contribution in [0.2, 0.25) is 0 Å². The minimum absolute atomic E-state index is 0.139. The quantitative estimate of drug-likeness (QED) is 0.545. The molecule has 0 bridgehead atoms. The van der Waals surface area contributed by atoms with Gasteiger partial charge in [0.1, 0.15) is 11.6 Å². The Hall–Kier alpha value is -3.34. The van der Waals surface area contributed by atoms with Gasteiger partial charge < -0.3 is 14.6 Å². The Bertz CT molecular complexity index is 1120. The van der Waals surface area contributed by atoms with Gasteiger partial charge in [-0.2, -0.15) is 0 Å². The summed E-state index contributed by atoms with van der Waals surface area (Å²) in [5.41, 5.74) is 3.03. The number of fused-ring (bicyclic) bond motifs is 3. The fraction of sp³-hybridized carbons (Fsp3) is 0.136. The fourth-order valence-electron chi connectivity index (χ4n) is 3.35. The smallest absolute Gasteiger partial charge is 0.262 e. The van der Waals surface area contributed by atoms with Crippen molar-refractivity contribution in [2.45, 2.75) is 13.5 Å². The molecule has 1 amide bonds. The van der Waals surface area contributed by atoms with E-state index in [4.69, 9.17) is 4.74 Å². The lowest BCUT2D eigenvalue weighted by molar-refractivity contribution is -0.118. The van der Waals surface area contributed by atoms with Gasteiger partial charge in [0.05, 0.1) is 0 Å². The van der Waals surface area contributed by atoms with Crippen LogP contribution >= 0.6 is 0 Å². The summed E-state index contributed by atoms with van der Waals surface area (Å²) in [5, 5.41) is 5.12. The monoisotopic (exact) mass is 362 g/mol. The Morgan fingerprint density at radius 1 is 1.00 bits per heavy atom. The average Bonchev–Trinajstić information content (AvgIpc) is 3.01. The molecule has 0 aliphatic carbocycles. The Balaban J connectivity index is 1.54. The fourth-order valence-corrected chi connectivity index (χ4v) is 3.35. The van der Waals surface area contributed by atoms with E-state index < -0.39 is 0 Å². The molecule has 4 nitrogen and oxygen atoms in total. The molecule has 1 aromatic heterocycles. The lowest BCUT2D eigenvalue weighted by atomic mass is 10.1. The molecule has 0 atom stereocenters. The van der Waals surface area contributed by atoms with E-state index in [0.29, 0.717) is 11.4 Å². The van der Waals surface area contributed by atoms with Crippen LogP contribution in [0, 0.1) is 5.82 Å². The number of ether oxygens (including phenoxy) is 1. The summed E-state index contributed by atoms with van der Waals surface area (Å²) in [6, 6.07) is 19.7. The number of para-hydroxylation sites is 1. The first-order valence-corrected chi connectivity index (χ1v) is 8.85. The van der Waals surface area contributed by atoms with Gasteiger partial charge in [0.2, 0.25) is 0 Å². The second kappa shape index (κ2) is 7.11. The van der Waals surface area contributed by atoms with Crippen LogP contribution in [0.3, 0.4) is 0 Å². The number of hydrogen-bond donors (Lipinski definition) is 1. The van der Waals surface area contributed by atoms with E-state index in [1.54, 1.807) is 0 Å². The third-order valence-electron chi connectivity index (χ3n) is 4.56. The molecular formula is C22H19FN2O2. The maximum atomic E-state index is 12.9. The maximum Gasteiger partial charge on any atom is 0.262 e. The molecule has 0 saturated carbocycles. The zero-order valence-corrected chi connectivity index (χ0v) is 14.9. The van der Waals surface area contributed by atoms with Gasteiger partial charge >= 0.3 is 0 Å². The summed E-state index contributed by atoms with van der Waals surface area (Å²) in [7, 11) is 0. The third-order valence-corrected chi connectivity index (χ3v) is 4.56. The highest BCUT2D eigenvalue weighted by Crippen LogP contribution is 2.30. The van der Waals surface area contributed by atoms with Crippen molar-refractivity contribution in [2.75, 3.05) is 11.9 Å². The average molecular weight is 362 g/mol. The van der Waals surface area contributed by atoms with Gasteiger partial charge in [0, 0.05) is 34.0 Å². The second-order valence-electron chi connectivity index (χ2n) is 6.28. The molecule has 0 unspecified atom stereocenters. The van der Waals surface area contributed by atoms with Crippen LogP contribution in [0.4, 0.5) is 10.1 Å². The number of hydrogen-bond acceptors (Lipinski definition) is 2. The minimum atomic E-state index is -0.341. The van der Waals surface area contributed by atoms with E-state index in [1.807, 2.05) is 30.3 Å². The first-order chi connectivity index (χ1) is 13.2. The number of nitrogens with zero attached hydrogens (tertiary/aromatic N) is 1. The van der Waals surface area contributed by atoms with Crippen LogP contribution in [-0.4, -0.2) is 17.1 Å². The first-order valence-electron chi connectivity index (χ1n) is 8.85. The van der Waals surface area contributed by atoms with Crippen LogP contribution in [0.25, 0.3) is 21.8 Å². The van der Waals surface area contributed by atoms with Gasteiger partial charge in [-0.1, -0.05) is 18.2 Å². The van der Waals surface area contributed by atoms with Crippen molar-refractivity contribution >= 4 is 33.4 Å². The highest BCUT2D eigenvalue weighted by Gasteiger charge is 2.11. The Labute approximate surface area is 156 Å². The van der Waals surface area contributed by atoms with Crippen molar-refractivity contribution in [3.05, 3.63) is 72.5 Å². The molecule has 1 N–H and O–H groups in total. The van der Waals surface area contributed by atoms with Gasteiger partial charge in [-0.05, 0) is 55.5 Å². The van der Waals surface area contributed by atoms with Crippen molar-refractivity contribution in [3.63, 3.8) is 0 Å². The molecule has 0 fully saturated rings. The SMILES string of the molecule is CCn1c2ccccc2c2cc(NC(=O)COc3ccc(F)cc3)ccc21. The molecule has 5 heteroatoms. The molecule has 136 valence electrons. The molecule has 0 saturated heterocycles. The summed E-state index contributed by atoms with van der Waals surface area (Å²) in [6.45, 7) is 2.86. The number of aryl methyl sites for hydroxylation is 1. The number of nitrogens with one attached hydrogen (secondary N) is 1. The van der Waals surface area contributed by atoms with Crippen LogP contribution in [0.1, 0.15) is 6.92 Å². The van der Waals surface area contributed by atoms with E-state index in [-0.39, 0.29) is 18.3 Å². The zero-order chi connectivity index (χ0) is 18.8. The summed E-state index contributed by atoms with van der Waals surface area (Å²) in [4.78, 5) is 12.2. The standard InChI is InChI=1S/C22H19FN2O2/c1-2-25-20-6-4-3-5-18(20)19-13-16(9-12-21(19)25)24-22(26)14-27-17-10-7-15(23)8-11-17/h3-13H,2,14H2,1H3,(H,24,26). The van der Waals surface area contributed by atoms with Gasteiger partial charge in [0.25, 0.3) is 5.91 Å². The van der Waals surface area contributed by atoms with E-state index in [1.165, 1.54) is 29.8 Å². The predicted molar refractivity (Wildman–Crippen MR) is 106 cm³/mol. The van der Waals surface area contributed by atoms with Gasteiger partial charge in [-0.25, -0.2) is 4.39 Å². The molecule has 4 aromatic rings. The molecule has 0 spiro atoms. The highest BCUT2D eigenvalue weighted by atomic mass is 19.1. The summed E-state index contributed by atoms with van der Waals surface area (Å²) in [5.74, 6) is -0.155. The van der Waals surface area contributed by atoms with Crippen molar-refractivity contribution in [2.24, 2.45) is 0 Å². The number of aromatic nitrogens is 1. The Morgan fingerprint density at radius 2 is 1.74 bits per heavy atom. The maximum absolute atomic E-state index is 12.9. The lowest BCUT2D eigenvalue weighted by Crippen LogP contribution is -2.20. The predicted octanol–water partition coefficient (Wildman–Crippen LogP) is 4.97. The van der Waals surface area contributed by atoms with Crippen LogP contribution in [0.15, 0.2) is 66.7 Å². The van der Waals surface area contributed by atoms with Gasteiger partial charge in [-0.15, -0.1) is 0 Å². The van der Waals surface area contributed by atoms with Crippen LogP contribution < -0.4 is 10.1 Å². The van der Waals surface area contributed by atoms with Gasteiger partial charge in [0.15, 0.2) is 6.61 Å². The molecular weight excluding hydrogens is 343 g/mol. The molecule has 0 aliphatic rings. The van der Waals surface area contributed by atoms with E-state index >= 15 is 0 Å². The first kappa shape index (κ1) is 17.1. The van der Waals surface area contributed by atoms with E-state index in [0.717, 1.165) is 22.8 Å². The third kappa shape index (κ3) is 3.36. The van der Waals surface area contributed by atoms with Gasteiger partial charge in [-0.3, -0.25) is 4.79 Å². The number of carbonyl (C=O) groups is 1. The molecule has 0 aliphatic heterocycles. The summed E-state index contributed by atoms with van der Waals surface area (Å²) < 4.78 is 20.6. The second-order valence-corrected chi connectivity index (χ2v) is 6.28. The van der Waals surface area contributed by atoms with Crippen LogP contribution in [0.5, 0.6) is 5.75 Å². The number of benzene rings is 3. The summed E-state index contributed by atoms with van der Waals surface area (Å²) in [6.07, 6.45) is 0. The topological polar surface area (TPSA) is 43.3 Å². The van der Waals surface area contributed by atoms with Crippen molar-refractivity contribution in [1.82, 2.24) is 4.57 Å². The molecule has 3 aromatic carbocycles. The number of amides is 1. The number of carbonyl (C=O) groups excluding carboxylic acids is 1. The Kier molecular flexibility index (Phi) is 4.50. The Morgan fingerprint density at radius 3 is 2.52 bits per heavy atom. The lowest BCUT2D eigenvalue weighted by Gasteiger charge is -2.08. The van der Waals surface area contributed by atoms with Crippen molar-refractivity contribution in [3.8, 4) is 5.75 Å². The highest BCUT2D eigenvalue weighted by molar-refractivity contribution is 6.09. The largest absolute Gasteiger partial charge is 0.484 e. The van der Waals surface area contributed by atoms with E-state index in [9.17, 15) is 9.18 Å². The van der Waals surface area contributed by atoms with Crippen molar-refractivity contribution in [1.29, 1.82) is 0 Å². The number of halogens is 1.